The smallest absolute Gasteiger partial charge is 0.294 e. The van der Waals surface area contributed by atoms with Crippen LogP contribution in [-0.2, 0) is 18.0 Å². The Morgan fingerprint density at radius 1 is 1.17 bits per heavy atom. The largest absolute Gasteiger partial charge is 0.416 e. The van der Waals surface area contributed by atoms with Gasteiger partial charge < -0.3 is 0 Å². The lowest BCUT2D eigenvalue weighted by molar-refractivity contribution is -0.137. The van der Waals surface area contributed by atoms with Gasteiger partial charge in [0, 0.05) is 16.7 Å². The summed E-state index contributed by atoms with van der Waals surface area (Å²) >= 11 is 0. The minimum absolute atomic E-state index is 0.197. The summed E-state index contributed by atoms with van der Waals surface area (Å²) in [4.78, 5) is 12.8. The van der Waals surface area contributed by atoms with Crippen LogP contribution >= 0.6 is 0 Å². The molecule has 3 nitrogen and oxygen atoms in total. The van der Waals surface area contributed by atoms with Gasteiger partial charge in [-0.2, -0.15) is 13.2 Å². The second-order valence-electron chi connectivity index (χ2n) is 7.01. The SMILES string of the molecule is CCCCc1c(C(C)(C)C)[nH]n(-c2cccc(C(F)(F)F)c2)c1=O. The molecular weight excluding hydrogens is 317 g/mol. The fourth-order valence-corrected chi connectivity index (χ4v) is 2.68. The lowest BCUT2D eigenvalue weighted by Crippen LogP contribution is -2.19. The number of hydrogen-bond donors (Lipinski definition) is 1. The van der Waals surface area contributed by atoms with Crippen LogP contribution in [-0.4, -0.2) is 9.78 Å². The highest BCUT2D eigenvalue weighted by Crippen LogP contribution is 2.30. The zero-order valence-electron chi connectivity index (χ0n) is 14.4. The van der Waals surface area contributed by atoms with E-state index in [0.717, 1.165) is 30.7 Å². The molecular formula is C18H23F3N2O. The Kier molecular flexibility index (Phi) is 4.97. The van der Waals surface area contributed by atoms with Crippen molar-refractivity contribution in [3.8, 4) is 5.69 Å². The van der Waals surface area contributed by atoms with E-state index < -0.39 is 11.7 Å². The Bertz CT molecular complexity index is 764. The van der Waals surface area contributed by atoms with Crippen molar-refractivity contribution in [3.63, 3.8) is 0 Å². The fourth-order valence-electron chi connectivity index (χ4n) is 2.68. The van der Waals surface area contributed by atoms with Crippen molar-refractivity contribution in [2.75, 3.05) is 0 Å². The van der Waals surface area contributed by atoms with Crippen LogP contribution in [0.5, 0.6) is 0 Å². The Hall–Kier alpha value is -1.98. The number of rotatable bonds is 4. The number of unbranched alkanes of at least 4 members (excludes halogenated alkanes) is 1. The molecule has 132 valence electrons. The molecule has 1 heterocycles. The number of hydrogen-bond acceptors (Lipinski definition) is 1. The van der Waals surface area contributed by atoms with Crippen LogP contribution < -0.4 is 5.56 Å². The van der Waals surface area contributed by atoms with Crippen LogP contribution in [0.4, 0.5) is 13.2 Å². The average Bonchev–Trinajstić information content (AvgIpc) is 2.81. The van der Waals surface area contributed by atoms with Crippen molar-refractivity contribution in [1.29, 1.82) is 0 Å². The number of nitrogens with one attached hydrogen (secondary N) is 1. The number of benzene rings is 1. The summed E-state index contributed by atoms with van der Waals surface area (Å²) in [6.07, 6.45) is -2.02. The van der Waals surface area contributed by atoms with E-state index in [1.54, 1.807) is 0 Å². The van der Waals surface area contributed by atoms with Gasteiger partial charge in [0.1, 0.15) is 0 Å². The van der Waals surface area contributed by atoms with Crippen LogP contribution in [0.1, 0.15) is 57.4 Å². The highest BCUT2D eigenvalue weighted by Gasteiger charge is 2.31. The first-order valence-corrected chi connectivity index (χ1v) is 8.07. The van der Waals surface area contributed by atoms with E-state index in [0.29, 0.717) is 12.0 Å². The molecule has 0 fully saturated rings. The molecule has 0 aliphatic heterocycles. The van der Waals surface area contributed by atoms with Crippen LogP contribution in [0.25, 0.3) is 5.69 Å². The standard InChI is InChI=1S/C18H23F3N2O/c1-5-6-10-14-15(17(2,3)4)22-23(16(14)24)13-9-7-8-12(11-13)18(19,20)21/h7-9,11,22H,5-6,10H2,1-4H3. The van der Waals surface area contributed by atoms with Crippen molar-refractivity contribution in [2.45, 2.75) is 58.5 Å². The van der Waals surface area contributed by atoms with Crippen molar-refractivity contribution >= 4 is 0 Å². The zero-order valence-corrected chi connectivity index (χ0v) is 14.4. The summed E-state index contributed by atoms with van der Waals surface area (Å²) in [6.45, 7) is 7.97. The first-order valence-electron chi connectivity index (χ1n) is 8.07. The molecule has 0 amide bonds. The van der Waals surface area contributed by atoms with Gasteiger partial charge >= 0.3 is 6.18 Å². The quantitative estimate of drug-likeness (QED) is 0.851. The number of aromatic nitrogens is 2. The normalized spacial score (nSPS) is 12.6. The highest BCUT2D eigenvalue weighted by atomic mass is 19.4. The Morgan fingerprint density at radius 2 is 1.83 bits per heavy atom. The van der Waals surface area contributed by atoms with Gasteiger partial charge in [0.15, 0.2) is 0 Å². The zero-order chi connectivity index (χ0) is 18.1. The summed E-state index contributed by atoms with van der Waals surface area (Å²) in [5.41, 5.74) is 0.291. The number of H-pyrrole nitrogens is 1. The molecule has 0 spiro atoms. The summed E-state index contributed by atoms with van der Waals surface area (Å²) in [7, 11) is 0. The van der Waals surface area contributed by atoms with Crippen LogP contribution in [0.15, 0.2) is 29.1 Å². The van der Waals surface area contributed by atoms with Crippen LogP contribution in [0, 0.1) is 0 Å². The molecule has 2 rings (SSSR count). The van der Waals surface area contributed by atoms with Gasteiger partial charge in [-0.05, 0) is 31.0 Å². The highest BCUT2D eigenvalue weighted by molar-refractivity contribution is 5.38. The third kappa shape index (κ3) is 3.74. The maximum absolute atomic E-state index is 12.9. The fraction of sp³-hybridized carbons (Fsp3) is 0.500. The van der Waals surface area contributed by atoms with Gasteiger partial charge in [-0.15, -0.1) is 0 Å². The monoisotopic (exact) mass is 340 g/mol. The van der Waals surface area contributed by atoms with Gasteiger partial charge in [-0.1, -0.05) is 40.2 Å². The maximum atomic E-state index is 12.9. The lowest BCUT2D eigenvalue weighted by Gasteiger charge is -2.18. The van der Waals surface area contributed by atoms with Gasteiger partial charge in [-0.25, -0.2) is 4.68 Å². The van der Waals surface area contributed by atoms with E-state index in [4.69, 9.17) is 0 Å². The Labute approximate surface area is 139 Å². The molecule has 2 aromatic rings. The molecule has 0 unspecified atom stereocenters. The van der Waals surface area contributed by atoms with Crippen molar-refractivity contribution < 1.29 is 13.2 Å². The van der Waals surface area contributed by atoms with E-state index in [2.05, 4.69) is 5.10 Å². The summed E-state index contributed by atoms with van der Waals surface area (Å²) in [6, 6.07) is 4.81. The summed E-state index contributed by atoms with van der Waals surface area (Å²) in [5.74, 6) is 0. The molecule has 0 aliphatic carbocycles. The van der Waals surface area contributed by atoms with Crippen molar-refractivity contribution in [3.05, 3.63) is 51.4 Å². The average molecular weight is 340 g/mol. The molecule has 0 saturated heterocycles. The van der Waals surface area contributed by atoms with Gasteiger partial charge in [0.05, 0.1) is 11.3 Å². The molecule has 0 bridgehead atoms. The summed E-state index contributed by atoms with van der Waals surface area (Å²) in [5, 5.41) is 3.03. The number of nitrogens with zero attached hydrogens (tertiary/aromatic N) is 1. The molecule has 1 aromatic heterocycles. The minimum atomic E-state index is -4.44. The lowest BCUT2D eigenvalue weighted by atomic mass is 9.88. The van der Waals surface area contributed by atoms with E-state index in [9.17, 15) is 18.0 Å². The number of alkyl halides is 3. The Balaban J connectivity index is 2.60. The Morgan fingerprint density at radius 3 is 2.38 bits per heavy atom. The number of halogens is 3. The van der Waals surface area contributed by atoms with E-state index in [1.807, 2.05) is 27.7 Å². The van der Waals surface area contributed by atoms with Gasteiger partial charge in [-0.3, -0.25) is 9.89 Å². The molecule has 0 atom stereocenters. The van der Waals surface area contributed by atoms with Crippen molar-refractivity contribution in [2.24, 2.45) is 0 Å². The third-order valence-corrected chi connectivity index (χ3v) is 3.95. The molecule has 0 radical (unpaired) electrons. The van der Waals surface area contributed by atoms with E-state index in [1.165, 1.54) is 16.8 Å². The molecule has 0 aliphatic rings. The van der Waals surface area contributed by atoms with Gasteiger partial charge in [0.25, 0.3) is 5.56 Å². The topological polar surface area (TPSA) is 37.8 Å². The third-order valence-electron chi connectivity index (χ3n) is 3.95. The van der Waals surface area contributed by atoms with Gasteiger partial charge in [0.2, 0.25) is 0 Å². The molecule has 1 N–H and O–H groups in total. The predicted octanol–water partition coefficient (Wildman–Crippen LogP) is 4.82. The summed E-state index contributed by atoms with van der Waals surface area (Å²) < 4.78 is 40.0. The second kappa shape index (κ2) is 6.49. The predicted molar refractivity (Wildman–Crippen MR) is 88.7 cm³/mol. The molecule has 6 heteroatoms. The number of aromatic amines is 1. The van der Waals surface area contributed by atoms with E-state index in [-0.39, 0.29) is 16.7 Å². The molecule has 0 saturated carbocycles. The van der Waals surface area contributed by atoms with Crippen LogP contribution in [0.2, 0.25) is 0 Å². The first kappa shape index (κ1) is 18.4. The first-order chi connectivity index (χ1) is 11.1. The maximum Gasteiger partial charge on any atom is 0.416 e. The van der Waals surface area contributed by atoms with Crippen molar-refractivity contribution in [1.82, 2.24) is 9.78 Å². The minimum Gasteiger partial charge on any atom is -0.294 e. The molecule has 1 aromatic carbocycles. The molecule has 24 heavy (non-hydrogen) atoms. The second-order valence-corrected chi connectivity index (χ2v) is 7.01. The van der Waals surface area contributed by atoms with E-state index >= 15 is 0 Å². The van der Waals surface area contributed by atoms with Crippen LogP contribution in [0.3, 0.4) is 0 Å².